The van der Waals surface area contributed by atoms with Crippen molar-refractivity contribution in [3.8, 4) is 0 Å². The summed E-state index contributed by atoms with van der Waals surface area (Å²) in [5.41, 5.74) is 2.65. The molecule has 1 aliphatic rings. The fourth-order valence-electron chi connectivity index (χ4n) is 2.26. The van der Waals surface area contributed by atoms with Gasteiger partial charge in [-0.2, -0.15) is 0 Å². The number of aliphatic carboxylic acids is 1. The Morgan fingerprint density at radius 2 is 2.16 bits per heavy atom. The number of amides is 2. The lowest BCUT2D eigenvalue weighted by molar-refractivity contribution is -0.137. The molecule has 1 atom stereocenters. The van der Waals surface area contributed by atoms with Crippen molar-refractivity contribution in [3.05, 3.63) is 35.4 Å². The van der Waals surface area contributed by atoms with Gasteiger partial charge < -0.3 is 15.3 Å². The van der Waals surface area contributed by atoms with E-state index < -0.39 is 5.97 Å². The molecule has 2 rings (SSSR count). The highest BCUT2D eigenvalue weighted by molar-refractivity contribution is 5.75. The van der Waals surface area contributed by atoms with Gasteiger partial charge in [0.15, 0.2) is 0 Å². The van der Waals surface area contributed by atoms with Gasteiger partial charge in [0.25, 0.3) is 0 Å². The largest absolute Gasteiger partial charge is 0.481 e. The van der Waals surface area contributed by atoms with Crippen molar-refractivity contribution in [1.82, 2.24) is 10.2 Å². The molecular weight excluding hydrogens is 244 g/mol. The summed E-state index contributed by atoms with van der Waals surface area (Å²) >= 11 is 0. The van der Waals surface area contributed by atoms with Gasteiger partial charge in [0.2, 0.25) is 0 Å². The zero-order chi connectivity index (χ0) is 13.8. The Morgan fingerprint density at radius 3 is 2.84 bits per heavy atom. The van der Waals surface area contributed by atoms with Crippen LogP contribution < -0.4 is 5.32 Å². The van der Waals surface area contributed by atoms with E-state index in [0.717, 1.165) is 6.42 Å². The average molecular weight is 262 g/mol. The van der Waals surface area contributed by atoms with E-state index in [2.05, 4.69) is 17.4 Å². The lowest BCUT2D eigenvalue weighted by Gasteiger charge is -2.30. The number of carboxylic acid groups (broad SMARTS) is 1. The Bertz CT molecular complexity index is 487. The van der Waals surface area contributed by atoms with Gasteiger partial charge in [-0.1, -0.05) is 24.3 Å². The standard InChI is InChI=1S/C14H18N2O3/c1-16(7-6-13(17)18)14(19)15-9-11-8-10-4-2-3-5-12(10)11/h2-5,11H,6-9H2,1H3,(H,15,19)(H,17,18). The van der Waals surface area contributed by atoms with Gasteiger partial charge in [-0.3, -0.25) is 4.79 Å². The van der Waals surface area contributed by atoms with Gasteiger partial charge in [-0.05, 0) is 17.5 Å². The van der Waals surface area contributed by atoms with Crippen molar-refractivity contribution in [2.45, 2.75) is 18.8 Å². The number of hydrogen-bond donors (Lipinski definition) is 2. The Morgan fingerprint density at radius 1 is 1.42 bits per heavy atom. The molecule has 0 aliphatic heterocycles. The van der Waals surface area contributed by atoms with Crippen LogP contribution in [0.15, 0.2) is 24.3 Å². The van der Waals surface area contributed by atoms with Crippen molar-refractivity contribution in [2.75, 3.05) is 20.1 Å². The minimum absolute atomic E-state index is 0.0316. The van der Waals surface area contributed by atoms with E-state index >= 15 is 0 Å². The molecule has 1 aromatic rings. The number of fused-ring (bicyclic) bond motifs is 1. The number of carbonyl (C=O) groups is 2. The van der Waals surface area contributed by atoms with Crippen LogP contribution >= 0.6 is 0 Å². The van der Waals surface area contributed by atoms with Gasteiger partial charge in [0.1, 0.15) is 0 Å². The highest BCUT2D eigenvalue weighted by Gasteiger charge is 2.25. The summed E-state index contributed by atoms with van der Waals surface area (Å²) in [6.07, 6.45) is 0.964. The van der Waals surface area contributed by atoms with E-state index in [1.165, 1.54) is 16.0 Å². The molecule has 0 saturated carbocycles. The highest BCUT2D eigenvalue weighted by Crippen LogP contribution is 2.33. The normalized spacial score (nSPS) is 16.2. The first-order valence-electron chi connectivity index (χ1n) is 6.36. The number of benzene rings is 1. The zero-order valence-corrected chi connectivity index (χ0v) is 10.9. The fraction of sp³-hybridized carbons (Fsp3) is 0.429. The smallest absolute Gasteiger partial charge is 0.317 e. The quantitative estimate of drug-likeness (QED) is 0.843. The van der Waals surface area contributed by atoms with E-state index in [1.807, 2.05) is 12.1 Å². The van der Waals surface area contributed by atoms with Crippen LogP contribution in [0.4, 0.5) is 4.79 Å². The van der Waals surface area contributed by atoms with Crippen LogP contribution in [-0.4, -0.2) is 42.1 Å². The third kappa shape index (κ3) is 3.24. The molecular formula is C14H18N2O3. The Hall–Kier alpha value is -2.04. The summed E-state index contributed by atoms with van der Waals surface area (Å²) < 4.78 is 0. The molecule has 2 amide bonds. The third-order valence-corrected chi connectivity index (χ3v) is 3.47. The van der Waals surface area contributed by atoms with Gasteiger partial charge >= 0.3 is 12.0 Å². The van der Waals surface area contributed by atoms with Crippen LogP contribution in [0.3, 0.4) is 0 Å². The summed E-state index contributed by atoms with van der Waals surface area (Å²) in [4.78, 5) is 23.6. The second-order valence-corrected chi connectivity index (χ2v) is 4.85. The molecule has 0 spiro atoms. The van der Waals surface area contributed by atoms with Crippen molar-refractivity contribution in [3.63, 3.8) is 0 Å². The number of carbonyl (C=O) groups excluding carboxylic acids is 1. The van der Waals surface area contributed by atoms with E-state index in [-0.39, 0.29) is 19.0 Å². The molecule has 0 saturated heterocycles. The molecule has 5 heteroatoms. The minimum atomic E-state index is -0.896. The monoisotopic (exact) mass is 262 g/mol. The average Bonchev–Trinajstić information content (AvgIpc) is 2.36. The Kier molecular flexibility index (Phi) is 4.04. The van der Waals surface area contributed by atoms with E-state index in [4.69, 9.17) is 5.11 Å². The summed E-state index contributed by atoms with van der Waals surface area (Å²) in [7, 11) is 1.60. The first kappa shape index (κ1) is 13.4. The second-order valence-electron chi connectivity index (χ2n) is 4.85. The number of carboxylic acids is 1. The number of rotatable bonds is 5. The third-order valence-electron chi connectivity index (χ3n) is 3.47. The molecule has 19 heavy (non-hydrogen) atoms. The van der Waals surface area contributed by atoms with Crippen molar-refractivity contribution in [2.24, 2.45) is 0 Å². The zero-order valence-electron chi connectivity index (χ0n) is 10.9. The fourth-order valence-corrected chi connectivity index (χ4v) is 2.26. The highest BCUT2D eigenvalue weighted by atomic mass is 16.4. The SMILES string of the molecule is CN(CCC(=O)O)C(=O)NCC1Cc2ccccc21. The minimum Gasteiger partial charge on any atom is -0.481 e. The summed E-state index contributed by atoms with van der Waals surface area (Å²) in [6, 6.07) is 8.00. The van der Waals surface area contributed by atoms with Crippen LogP contribution in [-0.2, 0) is 11.2 Å². The van der Waals surface area contributed by atoms with E-state index in [0.29, 0.717) is 12.5 Å². The summed E-state index contributed by atoms with van der Waals surface area (Å²) in [5.74, 6) is -0.513. The van der Waals surface area contributed by atoms with Crippen LogP contribution in [0.1, 0.15) is 23.5 Å². The second kappa shape index (κ2) is 5.73. The van der Waals surface area contributed by atoms with Crippen LogP contribution in [0.25, 0.3) is 0 Å². The van der Waals surface area contributed by atoms with E-state index in [9.17, 15) is 9.59 Å². The van der Waals surface area contributed by atoms with Crippen molar-refractivity contribution >= 4 is 12.0 Å². The van der Waals surface area contributed by atoms with Gasteiger partial charge in [0.05, 0.1) is 6.42 Å². The number of nitrogens with zero attached hydrogens (tertiary/aromatic N) is 1. The van der Waals surface area contributed by atoms with Crippen LogP contribution in [0, 0.1) is 0 Å². The van der Waals surface area contributed by atoms with Crippen LogP contribution in [0.2, 0.25) is 0 Å². The lowest BCUT2D eigenvalue weighted by Crippen LogP contribution is -2.41. The molecule has 102 valence electrons. The molecule has 2 N–H and O–H groups in total. The molecule has 1 aromatic carbocycles. The van der Waals surface area contributed by atoms with E-state index in [1.54, 1.807) is 7.05 Å². The number of urea groups is 1. The van der Waals surface area contributed by atoms with Gasteiger partial charge in [-0.25, -0.2) is 4.79 Å². The van der Waals surface area contributed by atoms with Gasteiger partial charge in [0, 0.05) is 26.1 Å². The predicted molar refractivity (Wildman–Crippen MR) is 71.2 cm³/mol. The Balaban J connectivity index is 1.75. The molecule has 1 aliphatic carbocycles. The number of nitrogens with one attached hydrogen (secondary N) is 1. The topological polar surface area (TPSA) is 69.6 Å². The lowest BCUT2D eigenvalue weighted by atomic mass is 9.78. The molecule has 0 fully saturated rings. The first-order valence-corrected chi connectivity index (χ1v) is 6.36. The van der Waals surface area contributed by atoms with Crippen molar-refractivity contribution < 1.29 is 14.7 Å². The maximum atomic E-state index is 11.7. The molecule has 5 nitrogen and oxygen atoms in total. The van der Waals surface area contributed by atoms with Crippen LogP contribution in [0.5, 0.6) is 0 Å². The summed E-state index contributed by atoms with van der Waals surface area (Å²) in [5, 5.41) is 11.4. The maximum absolute atomic E-state index is 11.7. The molecule has 0 radical (unpaired) electrons. The summed E-state index contributed by atoms with van der Waals surface area (Å²) in [6.45, 7) is 0.829. The maximum Gasteiger partial charge on any atom is 0.317 e. The molecule has 1 unspecified atom stereocenters. The molecule has 0 bridgehead atoms. The van der Waals surface area contributed by atoms with Crippen molar-refractivity contribution in [1.29, 1.82) is 0 Å². The molecule has 0 heterocycles. The predicted octanol–water partition coefficient (Wildman–Crippen LogP) is 1.44. The molecule has 0 aromatic heterocycles. The first-order chi connectivity index (χ1) is 9.08. The Labute approximate surface area is 112 Å². The van der Waals surface area contributed by atoms with Gasteiger partial charge in [-0.15, -0.1) is 0 Å². The number of hydrogen-bond acceptors (Lipinski definition) is 2.